The molecule has 0 N–H and O–H groups in total. The minimum atomic E-state index is -0.0862. The molecule has 23 heavy (non-hydrogen) atoms. The predicted molar refractivity (Wildman–Crippen MR) is 89.1 cm³/mol. The van der Waals surface area contributed by atoms with Gasteiger partial charge >= 0.3 is 0 Å². The molecule has 3 aliphatic rings. The van der Waals surface area contributed by atoms with Crippen molar-refractivity contribution in [3.63, 3.8) is 0 Å². The fraction of sp³-hybridized carbons (Fsp3) is 0.579. The van der Waals surface area contributed by atoms with Crippen molar-refractivity contribution in [1.29, 1.82) is 0 Å². The topological polar surface area (TPSA) is 40.6 Å². The molecule has 2 fully saturated rings. The Morgan fingerprint density at radius 3 is 2.35 bits per heavy atom. The Kier molecular flexibility index (Phi) is 3.83. The summed E-state index contributed by atoms with van der Waals surface area (Å²) in [7, 11) is 0. The number of rotatable bonds is 2. The van der Waals surface area contributed by atoms with Crippen molar-refractivity contribution in [3.8, 4) is 0 Å². The van der Waals surface area contributed by atoms with Crippen molar-refractivity contribution in [2.24, 2.45) is 11.8 Å². The molecule has 1 aromatic carbocycles. The molecule has 0 spiro atoms. The van der Waals surface area contributed by atoms with E-state index in [4.69, 9.17) is 0 Å². The summed E-state index contributed by atoms with van der Waals surface area (Å²) in [6.07, 6.45) is 6.34. The number of fused-ring (bicyclic) bond motifs is 1. The van der Waals surface area contributed by atoms with E-state index in [2.05, 4.69) is 6.07 Å². The Morgan fingerprint density at radius 1 is 0.870 bits per heavy atom. The van der Waals surface area contributed by atoms with Crippen LogP contribution in [-0.4, -0.2) is 36.3 Å². The summed E-state index contributed by atoms with van der Waals surface area (Å²) in [6, 6.07) is 8.12. The van der Waals surface area contributed by atoms with E-state index in [0.717, 1.165) is 51.0 Å². The van der Waals surface area contributed by atoms with Gasteiger partial charge in [-0.2, -0.15) is 0 Å². The van der Waals surface area contributed by atoms with Gasteiger partial charge in [-0.25, -0.2) is 0 Å². The zero-order valence-electron chi connectivity index (χ0n) is 13.5. The van der Waals surface area contributed by atoms with Crippen LogP contribution in [0.3, 0.4) is 0 Å². The number of nitrogens with zero attached hydrogens (tertiary/aromatic N) is 2. The molecule has 2 atom stereocenters. The normalized spacial score (nSPS) is 26.6. The molecule has 1 aromatic rings. The summed E-state index contributed by atoms with van der Waals surface area (Å²) < 4.78 is 0. The van der Waals surface area contributed by atoms with Gasteiger partial charge in [0.25, 0.3) is 0 Å². The second kappa shape index (κ2) is 5.99. The van der Waals surface area contributed by atoms with Crippen LogP contribution in [-0.2, 0) is 16.0 Å². The maximum Gasteiger partial charge on any atom is 0.230 e. The first-order valence-corrected chi connectivity index (χ1v) is 8.94. The van der Waals surface area contributed by atoms with E-state index in [9.17, 15) is 9.59 Å². The monoisotopic (exact) mass is 312 g/mol. The van der Waals surface area contributed by atoms with Gasteiger partial charge in [0.05, 0.1) is 11.8 Å². The van der Waals surface area contributed by atoms with E-state index >= 15 is 0 Å². The standard InChI is InChI=1S/C19H24N2O2/c22-18(20-10-5-1-2-6-11-20)15-13-16(15)19(23)21-12-9-14-7-3-4-8-17(14)21/h3-4,7-8,15-16H,1-2,5-6,9-13H2. The van der Waals surface area contributed by atoms with Crippen molar-refractivity contribution in [2.75, 3.05) is 24.5 Å². The Labute approximate surface area is 137 Å². The first-order valence-electron chi connectivity index (χ1n) is 8.94. The number of hydrogen-bond donors (Lipinski definition) is 0. The van der Waals surface area contributed by atoms with Crippen molar-refractivity contribution in [2.45, 2.75) is 38.5 Å². The third kappa shape index (κ3) is 2.75. The minimum Gasteiger partial charge on any atom is -0.342 e. The lowest BCUT2D eigenvalue weighted by molar-refractivity contribution is -0.134. The molecule has 0 aromatic heterocycles. The third-order valence-corrected chi connectivity index (χ3v) is 5.50. The largest absolute Gasteiger partial charge is 0.342 e. The van der Waals surface area contributed by atoms with Crippen molar-refractivity contribution < 1.29 is 9.59 Å². The quantitative estimate of drug-likeness (QED) is 0.842. The molecule has 1 saturated heterocycles. The molecule has 0 radical (unpaired) electrons. The third-order valence-electron chi connectivity index (χ3n) is 5.50. The molecule has 1 aliphatic carbocycles. The van der Waals surface area contributed by atoms with Crippen LogP contribution in [0.1, 0.15) is 37.7 Å². The molecule has 2 aliphatic heterocycles. The average molecular weight is 312 g/mol. The Balaban J connectivity index is 1.41. The summed E-state index contributed by atoms with van der Waals surface area (Å²) in [4.78, 5) is 29.3. The average Bonchev–Trinajstić information content (AvgIpc) is 3.32. The molecule has 2 amide bonds. The van der Waals surface area contributed by atoms with Crippen molar-refractivity contribution in [1.82, 2.24) is 4.90 Å². The van der Waals surface area contributed by atoms with Crippen LogP contribution >= 0.6 is 0 Å². The van der Waals surface area contributed by atoms with Crippen LogP contribution in [0.4, 0.5) is 5.69 Å². The molecule has 4 heteroatoms. The number of para-hydroxylation sites is 1. The Hall–Kier alpha value is -1.84. The van der Waals surface area contributed by atoms with E-state index < -0.39 is 0 Å². The summed E-state index contributed by atoms with van der Waals surface area (Å²) in [5, 5.41) is 0. The van der Waals surface area contributed by atoms with E-state index in [0.29, 0.717) is 0 Å². The molecule has 4 rings (SSSR count). The molecular weight excluding hydrogens is 288 g/mol. The summed E-state index contributed by atoms with van der Waals surface area (Å²) >= 11 is 0. The van der Waals surface area contributed by atoms with E-state index in [1.807, 2.05) is 28.0 Å². The molecular formula is C19H24N2O2. The highest BCUT2D eigenvalue weighted by molar-refractivity contribution is 6.02. The van der Waals surface area contributed by atoms with Gasteiger partial charge in [0.1, 0.15) is 0 Å². The second-order valence-electron chi connectivity index (χ2n) is 7.06. The summed E-state index contributed by atoms with van der Waals surface area (Å²) in [6.45, 7) is 2.52. The molecule has 2 heterocycles. The number of amides is 2. The fourth-order valence-electron chi connectivity index (χ4n) is 4.03. The van der Waals surface area contributed by atoms with Crippen LogP contribution < -0.4 is 4.90 Å². The number of anilines is 1. The first kappa shape index (κ1) is 14.7. The minimum absolute atomic E-state index is 0.0617. The lowest BCUT2D eigenvalue weighted by atomic mass is 10.2. The lowest BCUT2D eigenvalue weighted by Crippen LogP contribution is -2.36. The number of likely N-dealkylation sites (tertiary alicyclic amines) is 1. The van der Waals surface area contributed by atoms with Gasteiger partial charge in [-0.1, -0.05) is 31.0 Å². The first-order chi connectivity index (χ1) is 11.3. The maximum absolute atomic E-state index is 12.8. The molecule has 0 bridgehead atoms. The SMILES string of the molecule is O=C(C1CC1C(=O)N1CCc2ccccc21)N1CCCCCC1. The number of carbonyl (C=O) groups excluding carboxylic acids is 2. The van der Waals surface area contributed by atoms with Gasteiger partial charge in [-0.3, -0.25) is 9.59 Å². The number of carbonyl (C=O) groups is 2. The van der Waals surface area contributed by atoms with Gasteiger partial charge in [-0.05, 0) is 37.3 Å². The van der Waals surface area contributed by atoms with E-state index in [1.54, 1.807) is 0 Å². The Morgan fingerprint density at radius 2 is 1.57 bits per heavy atom. The van der Waals surface area contributed by atoms with E-state index in [-0.39, 0.29) is 23.7 Å². The predicted octanol–water partition coefficient (Wildman–Crippen LogP) is 2.61. The second-order valence-corrected chi connectivity index (χ2v) is 7.06. The van der Waals surface area contributed by atoms with Gasteiger partial charge < -0.3 is 9.80 Å². The van der Waals surface area contributed by atoms with E-state index in [1.165, 1.54) is 18.4 Å². The van der Waals surface area contributed by atoms with Crippen LogP contribution in [0.2, 0.25) is 0 Å². The number of hydrogen-bond acceptors (Lipinski definition) is 2. The van der Waals surface area contributed by atoms with Gasteiger partial charge in [0.2, 0.25) is 11.8 Å². The van der Waals surface area contributed by atoms with Crippen molar-refractivity contribution in [3.05, 3.63) is 29.8 Å². The number of benzene rings is 1. The van der Waals surface area contributed by atoms with Crippen LogP contribution in [0.15, 0.2) is 24.3 Å². The fourth-order valence-corrected chi connectivity index (χ4v) is 4.03. The van der Waals surface area contributed by atoms with Gasteiger partial charge in [-0.15, -0.1) is 0 Å². The summed E-state index contributed by atoms with van der Waals surface area (Å²) in [5.41, 5.74) is 2.29. The molecule has 122 valence electrons. The highest BCUT2D eigenvalue weighted by atomic mass is 16.2. The molecule has 2 unspecified atom stereocenters. The highest BCUT2D eigenvalue weighted by Crippen LogP contribution is 2.43. The molecule has 1 saturated carbocycles. The zero-order valence-corrected chi connectivity index (χ0v) is 13.5. The smallest absolute Gasteiger partial charge is 0.230 e. The zero-order chi connectivity index (χ0) is 15.8. The van der Waals surface area contributed by atoms with Crippen LogP contribution in [0.25, 0.3) is 0 Å². The van der Waals surface area contributed by atoms with Crippen LogP contribution in [0.5, 0.6) is 0 Å². The summed E-state index contributed by atoms with van der Waals surface area (Å²) in [5.74, 6) is 0.228. The Bertz CT molecular complexity index is 620. The highest BCUT2D eigenvalue weighted by Gasteiger charge is 2.51. The van der Waals surface area contributed by atoms with Gasteiger partial charge in [0.15, 0.2) is 0 Å². The van der Waals surface area contributed by atoms with Gasteiger partial charge in [0, 0.05) is 25.3 Å². The van der Waals surface area contributed by atoms with Crippen LogP contribution in [0, 0.1) is 11.8 Å². The molecule has 4 nitrogen and oxygen atoms in total. The maximum atomic E-state index is 12.8. The lowest BCUT2D eigenvalue weighted by Gasteiger charge is -2.21. The van der Waals surface area contributed by atoms with Crippen molar-refractivity contribution >= 4 is 17.5 Å².